The molecule has 0 unspecified atom stereocenters. The number of aromatic nitrogens is 3. The first kappa shape index (κ1) is 20.9. The Labute approximate surface area is 184 Å². The molecule has 0 aliphatic carbocycles. The van der Waals surface area contributed by atoms with Gasteiger partial charge in [0.05, 0.1) is 29.6 Å². The first-order valence-corrected chi connectivity index (χ1v) is 10.8. The maximum Gasteiger partial charge on any atom is 0.256 e. The monoisotopic (exact) mass is 436 g/mol. The average Bonchev–Trinajstić information content (AvgIpc) is 3.34. The molecule has 0 radical (unpaired) electrons. The van der Waals surface area contributed by atoms with Gasteiger partial charge in [-0.15, -0.1) is 0 Å². The van der Waals surface area contributed by atoms with Gasteiger partial charge >= 0.3 is 0 Å². The SMILES string of the molecule is COc1ccc2nc(-n3nc(C)cc3NC(=O)c3cccc(OCC(C)C)c3)sc2c1. The van der Waals surface area contributed by atoms with Crippen LogP contribution in [0, 0.1) is 12.8 Å². The van der Waals surface area contributed by atoms with E-state index in [0.29, 0.717) is 34.8 Å². The maximum atomic E-state index is 12.9. The summed E-state index contributed by atoms with van der Waals surface area (Å²) in [7, 11) is 1.64. The standard InChI is InChI=1S/C23H24N4O3S/c1-14(2)13-30-18-7-5-6-16(11-18)22(28)25-21-10-15(3)26-27(21)23-24-19-9-8-17(29-4)12-20(19)31-23/h5-12,14H,13H2,1-4H3,(H,25,28). The van der Waals surface area contributed by atoms with E-state index in [-0.39, 0.29) is 5.91 Å². The Kier molecular flexibility index (Phi) is 5.90. The van der Waals surface area contributed by atoms with Crippen molar-refractivity contribution in [1.82, 2.24) is 14.8 Å². The van der Waals surface area contributed by atoms with E-state index < -0.39 is 0 Å². The molecule has 0 bridgehead atoms. The van der Waals surface area contributed by atoms with Crippen LogP contribution in [0.3, 0.4) is 0 Å². The van der Waals surface area contributed by atoms with E-state index in [2.05, 4.69) is 29.2 Å². The van der Waals surface area contributed by atoms with Gasteiger partial charge in [-0.3, -0.25) is 4.79 Å². The van der Waals surface area contributed by atoms with Crippen molar-refractivity contribution in [3.63, 3.8) is 0 Å². The molecule has 1 N–H and O–H groups in total. The van der Waals surface area contributed by atoms with Gasteiger partial charge in [0.25, 0.3) is 5.91 Å². The van der Waals surface area contributed by atoms with Crippen LogP contribution in [0.4, 0.5) is 5.82 Å². The van der Waals surface area contributed by atoms with Crippen LogP contribution in [0.2, 0.25) is 0 Å². The Balaban J connectivity index is 1.59. The summed E-state index contributed by atoms with van der Waals surface area (Å²) in [5.74, 6) is 2.17. The molecule has 8 heteroatoms. The fraction of sp³-hybridized carbons (Fsp3) is 0.261. The number of carbonyl (C=O) groups excluding carboxylic acids is 1. The summed E-state index contributed by atoms with van der Waals surface area (Å²) < 4.78 is 13.7. The lowest BCUT2D eigenvalue weighted by Gasteiger charge is -2.10. The quantitative estimate of drug-likeness (QED) is 0.437. The van der Waals surface area contributed by atoms with E-state index in [1.165, 1.54) is 11.3 Å². The first-order valence-electron chi connectivity index (χ1n) is 9.99. The van der Waals surface area contributed by atoms with Gasteiger partial charge in [0.1, 0.15) is 17.3 Å². The molecule has 2 aromatic carbocycles. The van der Waals surface area contributed by atoms with Crippen LogP contribution in [0.15, 0.2) is 48.5 Å². The van der Waals surface area contributed by atoms with E-state index in [4.69, 9.17) is 9.47 Å². The second-order valence-corrected chi connectivity index (χ2v) is 8.61. The summed E-state index contributed by atoms with van der Waals surface area (Å²) in [5, 5.41) is 8.15. The number of anilines is 1. The highest BCUT2D eigenvalue weighted by Crippen LogP contribution is 2.30. The minimum absolute atomic E-state index is 0.237. The molecule has 2 aromatic heterocycles. The summed E-state index contributed by atoms with van der Waals surface area (Å²) in [6.07, 6.45) is 0. The van der Waals surface area contributed by atoms with Crippen molar-refractivity contribution in [1.29, 1.82) is 0 Å². The second-order valence-electron chi connectivity index (χ2n) is 7.60. The molecule has 1 amide bonds. The molecule has 4 aromatic rings. The fourth-order valence-corrected chi connectivity index (χ4v) is 3.98. The number of ether oxygens (including phenoxy) is 2. The highest BCUT2D eigenvalue weighted by atomic mass is 32.1. The molecule has 0 aliphatic rings. The molecule has 0 fully saturated rings. The van der Waals surface area contributed by atoms with Crippen LogP contribution in [-0.2, 0) is 0 Å². The fourth-order valence-electron chi connectivity index (χ4n) is 3.02. The Hall–Kier alpha value is -3.39. The molecule has 160 valence electrons. The molecule has 0 atom stereocenters. The van der Waals surface area contributed by atoms with Gasteiger partial charge in [-0.2, -0.15) is 9.78 Å². The van der Waals surface area contributed by atoms with Crippen LogP contribution < -0.4 is 14.8 Å². The number of fused-ring (bicyclic) bond motifs is 1. The molecule has 0 saturated heterocycles. The van der Waals surface area contributed by atoms with E-state index >= 15 is 0 Å². The summed E-state index contributed by atoms with van der Waals surface area (Å²) in [6.45, 7) is 6.64. The largest absolute Gasteiger partial charge is 0.497 e. The predicted octanol–water partition coefficient (Wildman–Crippen LogP) is 5.09. The molecule has 2 heterocycles. The van der Waals surface area contributed by atoms with Crippen LogP contribution in [-0.4, -0.2) is 34.4 Å². The van der Waals surface area contributed by atoms with Crippen molar-refractivity contribution in [3.05, 3.63) is 59.8 Å². The third-order valence-corrected chi connectivity index (χ3v) is 5.51. The molecule has 31 heavy (non-hydrogen) atoms. The van der Waals surface area contributed by atoms with E-state index in [1.807, 2.05) is 43.3 Å². The van der Waals surface area contributed by atoms with Crippen molar-refractivity contribution in [2.24, 2.45) is 5.92 Å². The second kappa shape index (κ2) is 8.77. The van der Waals surface area contributed by atoms with Crippen LogP contribution in [0.25, 0.3) is 15.3 Å². The van der Waals surface area contributed by atoms with Crippen molar-refractivity contribution in [2.45, 2.75) is 20.8 Å². The van der Waals surface area contributed by atoms with Crippen molar-refractivity contribution in [2.75, 3.05) is 19.0 Å². The minimum atomic E-state index is -0.237. The zero-order valence-corrected chi connectivity index (χ0v) is 18.7. The number of benzene rings is 2. The normalized spacial score (nSPS) is 11.1. The summed E-state index contributed by atoms with van der Waals surface area (Å²) in [4.78, 5) is 17.6. The molecule has 0 aliphatic heterocycles. The number of hydrogen-bond donors (Lipinski definition) is 1. The van der Waals surface area contributed by atoms with E-state index in [9.17, 15) is 4.79 Å². The van der Waals surface area contributed by atoms with Gasteiger partial charge in [-0.1, -0.05) is 31.3 Å². The lowest BCUT2D eigenvalue weighted by atomic mass is 10.2. The molecule has 0 spiro atoms. The summed E-state index contributed by atoms with van der Waals surface area (Å²) in [5.41, 5.74) is 2.14. The number of thiazole rings is 1. The molecular formula is C23H24N4O3S. The Morgan fingerprint density at radius 2 is 2.00 bits per heavy atom. The van der Waals surface area contributed by atoms with Crippen molar-refractivity contribution >= 4 is 33.3 Å². The first-order chi connectivity index (χ1) is 14.9. The number of aryl methyl sites for hydroxylation is 1. The van der Waals surface area contributed by atoms with Crippen LogP contribution in [0.5, 0.6) is 11.5 Å². The number of nitrogens with one attached hydrogen (secondary N) is 1. The number of amides is 1. The van der Waals surface area contributed by atoms with E-state index in [0.717, 1.165) is 21.7 Å². The van der Waals surface area contributed by atoms with Gasteiger partial charge in [-0.25, -0.2) is 4.98 Å². The highest BCUT2D eigenvalue weighted by molar-refractivity contribution is 7.20. The van der Waals surface area contributed by atoms with Gasteiger partial charge < -0.3 is 14.8 Å². The number of methoxy groups -OCH3 is 1. The average molecular weight is 437 g/mol. The third-order valence-electron chi connectivity index (χ3n) is 4.52. The minimum Gasteiger partial charge on any atom is -0.497 e. The van der Waals surface area contributed by atoms with Crippen molar-refractivity contribution in [3.8, 4) is 16.6 Å². The zero-order chi connectivity index (χ0) is 22.0. The Morgan fingerprint density at radius 3 is 2.77 bits per heavy atom. The number of rotatable bonds is 7. The van der Waals surface area contributed by atoms with Gasteiger partial charge in [0, 0.05) is 11.6 Å². The van der Waals surface area contributed by atoms with Crippen LogP contribution >= 0.6 is 11.3 Å². The highest BCUT2D eigenvalue weighted by Gasteiger charge is 2.16. The number of carbonyl (C=O) groups is 1. The zero-order valence-electron chi connectivity index (χ0n) is 17.9. The number of hydrogen-bond acceptors (Lipinski definition) is 6. The van der Waals surface area contributed by atoms with E-state index in [1.54, 1.807) is 23.9 Å². The lowest BCUT2D eigenvalue weighted by Crippen LogP contribution is -2.15. The smallest absolute Gasteiger partial charge is 0.256 e. The molecule has 0 saturated carbocycles. The van der Waals surface area contributed by atoms with Gasteiger partial charge in [0.2, 0.25) is 5.13 Å². The maximum absolute atomic E-state index is 12.9. The van der Waals surface area contributed by atoms with Gasteiger partial charge in [0.15, 0.2) is 0 Å². The van der Waals surface area contributed by atoms with Crippen molar-refractivity contribution < 1.29 is 14.3 Å². The third kappa shape index (κ3) is 4.69. The molecule has 4 rings (SSSR count). The Bertz CT molecular complexity index is 1230. The van der Waals surface area contributed by atoms with Gasteiger partial charge in [-0.05, 0) is 49.2 Å². The summed E-state index contributed by atoms with van der Waals surface area (Å²) in [6, 6.07) is 14.7. The lowest BCUT2D eigenvalue weighted by molar-refractivity contribution is 0.102. The Morgan fingerprint density at radius 1 is 1.16 bits per heavy atom. The topological polar surface area (TPSA) is 78.3 Å². The molecular weight excluding hydrogens is 412 g/mol. The number of nitrogens with zero attached hydrogens (tertiary/aromatic N) is 3. The van der Waals surface area contributed by atoms with Crippen LogP contribution in [0.1, 0.15) is 29.9 Å². The summed E-state index contributed by atoms with van der Waals surface area (Å²) >= 11 is 1.48. The molecule has 7 nitrogen and oxygen atoms in total. The predicted molar refractivity (Wildman–Crippen MR) is 123 cm³/mol.